The Bertz CT molecular complexity index is 985. The zero-order chi connectivity index (χ0) is 15.8. The second-order valence-electron chi connectivity index (χ2n) is 5.97. The van der Waals surface area contributed by atoms with E-state index in [1.807, 2.05) is 18.2 Å². The summed E-state index contributed by atoms with van der Waals surface area (Å²) in [7, 11) is 0. The molecular formula is C20H19N2O+. The molecule has 4 rings (SSSR count). The van der Waals surface area contributed by atoms with Gasteiger partial charge in [0.1, 0.15) is 6.54 Å². The van der Waals surface area contributed by atoms with Gasteiger partial charge in [0.05, 0.1) is 0 Å². The Morgan fingerprint density at radius 3 is 2.52 bits per heavy atom. The first-order chi connectivity index (χ1) is 11.2. The number of aromatic nitrogens is 2. The second-order valence-corrected chi connectivity index (χ2v) is 5.97. The largest absolute Gasteiger partial charge is 0.381 e. The van der Waals surface area contributed by atoms with Crippen molar-refractivity contribution in [2.75, 3.05) is 0 Å². The number of aromatic amines is 1. The SMILES string of the molecule is CC(O)c1[nH]c2ccccc2[n+]1Cc1ccc2ccccc2c1. The van der Waals surface area contributed by atoms with Crippen LogP contribution in [0.15, 0.2) is 66.7 Å². The highest BCUT2D eigenvalue weighted by atomic mass is 16.3. The first-order valence-corrected chi connectivity index (χ1v) is 7.88. The third-order valence-electron chi connectivity index (χ3n) is 4.30. The number of benzene rings is 3. The fourth-order valence-electron chi connectivity index (χ4n) is 3.17. The van der Waals surface area contributed by atoms with Crippen LogP contribution in [0.1, 0.15) is 24.4 Å². The van der Waals surface area contributed by atoms with Crippen molar-refractivity contribution in [1.82, 2.24) is 4.98 Å². The summed E-state index contributed by atoms with van der Waals surface area (Å²) in [6, 6.07) is 23.1. The Labute approximate surface area is 134 Å². The molecule has 3 aromatic carbocycles. The first kappa shape index (κ1) is 14.0. The van der Waals surface area contributed by atoms with Crippen LogP contribution in [0.2, 0.25) is 0 Å². The molecule has 0 bridgehead atoms. The number of imidazole rings is 1. The maximum Gasteiger partial charge on any atom is 0.284 e. The molecule has 4 aromatic rings. The van der Waals surface area contributed by atoms with Gasteiger partial charge in [0.2, 0.25) is 0 Å². The van der Waals surface area contributed by atoms with Crippen molar-refractivity contribution in [2.24, 2.45) is 0 Å². The molecule has 1 unspecified atom stereocenters. The average molecular weight is 303 g/mol. The van der Waals surface area contributed by atoms with Gasteiger partial charge in [-0.3, -0.25) is 0 Å². The molecule has 1 atom stereocenters. The monoisotopic (exact) mass is 303 g/mol. The van der Waals surface area contributed by atoms with Crippen molar-refractivity contribution in [2.45, 2.75) is 19.6 Å². The highest BCUT2D eigenvalue weighted by Crippen LogP contribution is 2.18. The number of aliphatic hydroxyl groups is 1. The van der Waals surface area contributed by atoms with E-state index in [9.17, 15) is 5.11 Å². The first-order valence-electron chi connectivity index (χ1n) is 7.88. The van der Waals surface area contributed by atoms with E-state index in [0.29, 0.717) is 0 Å². The van der Waals surface area contributed by atoms with Gasteiger partial charge in [-0.2, -0.15) is 0 Å². The minimum Gasteiger partial charge on any atom is -0.381 e. The number of rotatable bonds is 3. The normalized spacial score (nSPS) is 12.8. The lowest BCUT2D eigenvalue weighted by molar-refractivity contribution is -0.673. The van der Waals surface area contributed by atoms with E-state index >= 15 is 0 Å². The van der Waals surface area contributed by atoms with Gasteiger partial charge < -0.3 is 5.11 Å². The van der Waals surface area contributed by atoms with Gasteiger partial charge in [0.15, 0.2) is 17.1 Å². The molecule has 1 aromatic heterocycles. The van der Waals surface area contributed by atoms with E-state index in [2.05, 4.69) is 58.1 Å². The molecule has 0 spiro atoms. The van der Waals surface area contributed by atoms with E-state index in [4.69, 9.17) is 0 Å². The van der Waals surface area contributed by atoms with Crippen LogP contribution in [0.25, 0.3) is 21.8 Å². The van der Waals surface area contributed by atoms with Crippen LogP contribution < -0.4 is 4.57 Å². The summed E-state index contributed by atoms with van der Waals surface area (Å²) in [6.07, 6.45) is -0.539. The summed E-state index contributed by atoms with van der Waals surface area (Å²) in [6.45, 7) is 2.52. The number of hydrogen-bond acceptors (Lipinski definition) is 1. The van der Waals surface area contributed by atoms with Gasteiger partial charge in [0, 0.05) is 0 Å². The highest BCUT2D eigenvalue weighted by Gasteiger charge is 2.22. The molecular weight excluding hydrogens is 284 g/mol. The summed E-state index contributed by atoms with van der Waals surface area (Å²) in [5, 5.41) is 12.6. The summed E-state index contributed by atoms with van der Waals surface area (Å²) in [4.78, 5) is 3.33. The fraction of sp³-hybridized carbons (Fsp3) is 0.150. The van der Waals surface area contributed by atoms with E-state index in [0.717, 1.165) is 23.4 Å². The van der Waals surface area contributed by atoms with E-state index in [1.54, 1.807) is 6.92 Å². The van der Waals surface area contributed by atoms with Crippen molar-refractivity contribution < 1.29 is 9.67 Å². The predicted octanol–water partition coefficient (Wildman–Crippen LogP) is 3.71. The molecule has 3 nitrogen and oxygen atoms in total. The van der Waals surface area contributed by atoms with E-state index < -0.39 is 6.10 Å². The lowest BCUT2D eigenvalue weighted by Crippen LogP contribution is -2.38. The van der Waals surface area contributed by atoms with Gasteiger partial charge in [-0.15, -0.1) is 0 Å². The second kappa shape index (κ2) is 5.52. The number of fused-ring (bicyclic) bond motifs is 2. The summed E-state index contributed by atoms with van der Waals surface area (Å²) >= 11 is 0. The summed E-state index contributed by atoms with van der Waals surface area (Å²) < 4.78 is 2.16. The van der Waals surface area contributed by atoms with Crippen LogP contribution >= 0.6 is 0 Å². The van der Waals surface area contributed by atoms with Crippen molar-refractivity contribution in [1.29, 1.82) is 0 Å². The number of para-hydroxylation sites is 2. The molecule has 0 fully saturated rings. The minimum atomic E-state index is -0.539. The molecule has 3 heteroatoms. The maximum absolute atomic E-state index is 10.1. The number of nitrogens with one attached hydrogen (secondary N) is 1. The molecule has 0 aliphatic heterocycles. The van der Waals surface area contributed by atoms with Gasteiger partial charge in [-0.25, -0.2) is 9.55 Å². The maximum atomic E-state index is 10.1. The number of nitrogens with zero attached hydrogens (tertiary/aromatic N) is 1. The lowest BCUT2D eigenvalue weighted by Gasteiger charge is -2.06. The molecule has 0 saturated heterocycles. The van der Waals surface area contributed by atoms with Crippen molar-refractivity contribution >= 4 is 21.8 Å². The molecule has 0 saturated carbocycles. The van der Waals surface area contributed by atoms with E-state index in [1.165, 1.54) is 16.3 Å². The van der Waals surface area contributed by atoms with Crippen LogP contribution in [0.3, 0.4) is 0 Å². The smallest absolute Gasteiger partial charge is 0.284 e. The zero-order valence-electron chi connectivity index (χ0n) is 13.0. The Kier molecular flexibility index (Phi) is 3.36. The third kappa shape index (κ3) is 2.49. The Morgan fingerprint density at radius 1 is 0.957 bits per heavy atom. The van der Waals surface area contributed by atoms with Crippen molar-refractivity contribution in [3.8, 4) is 0 Å². The third-order valence-corrected chi connectivity index (χ3v) is 4.30. The van der Waals surface area contributed by atoms with Crippen molar-refractivity contribution in [3.05, 3.63) is 78.1 Å². The Balaban J connectivity index is 1.83. The van der Waals surface area contributed by atoms with Gasteiger partial charge >= 0.3 is 0 Å². The number of aliphatic hydroxyl groups excluding tert-OH is 1. The molecule has 23 heavy (non-hydrogen) atoms. The van der Waals surface area contributed by atoms with Crippen LogP contribution in [0, 0.1) is 0 Å². The van der Waals surface area contributed by atoms with Gasteiger partial charge in [0.25, 0.3) is 5.82 Å². The quantitative estimate of drug-likeness (QED) is 0.556. The molecule has 114 valence electrons. The predicted molar refractivity (Wildman–Crippen MR) is 92.2 cm³/mol. The highest BCUT2D eigenvalue weighted by molar-refractivity contribution is 5.83. The van der Waals surface area contributed by atoms with Crippen LogP contribution in [0.4, 0.5) is 0 Å². The van der Waals surface area contributed by atoms with Crippen LogP contribution in [-0.4, -0.2) is 10.1 Å². The van der Waals surface area contributed by atoms with Gasteiger partial charge in [-0.05, 0) is 41.5 Å². The molecule has 0 aliphatic rings. The molecule has 0 amide bonds. The van der Waals surface area contributed by atoms with Crippen molar-refractivity contribution in [3.63, 3.8) is 0 Å². The lowest BCUT2D eigenvalue weighted by atomic mass is 10.1. The van der Waals surface area contributed by atoms with E-state index in [-0.39, 0.29) is 0 Å². The van der Waals surface area contributed by atoms with Gasteiger partial charge in [-0.1, -0.05) is 48.5 Å². The summed E-state index contributed by atoms with van der Waals surface area (Å²) in [5.41, 5.74) is 3.38. The topological polar surface area (TPSA) is 39.9 Å². The zero-order valence-corrected chi connectivity index (χ0v) is 13.0. The standard InChI is InChI=1S/C20H18N2O/c1-14(23)20-21-18-8-4-5-9-19(18)22(20)13-15-10-11-16-6-2-3-7-17(16)12-15/h2-12,14,23H,13H2,1H3/p+1. The Morgan fingerprint density at radius 2 is 1.70 bits per heavy atom. The summed E-state index contributed by atoms with van der Waals surface area (Å²) in [5.74, 6) is 0.833. The molecule has 2 N–H and O–H groups in total. The molecule has 0 radical (unpaired) electrons. The number of H-pyrrole nitrogens is 1. The Hall–Kier alpha value is -2.65. The average Bonchev–Trinajstić information content (AvgIpc) is 2.94. The van der Waals surface area contributed by atoms with Crippen LogP contribution in [-0.2, 0) is 6.54 Å². The molecule has 0 aliphatic carbocycles. The fourth-order valence-corrected chi connectivity index (χ4v) is 3.17. The minimum absolute atomic E-state index is 0.539. The molecule has 1 heterocycles. The van der Waals surface area contributed by atoms with Crippen LogP contribution in [0.5, 0.6) is 0 Å². The number of hydrogen-bond donors (Lipinski definition) is 2.